The third-order valence-corrected chi connectivity index (χ3v) is 4.90. The van der Waals surface area contributed by atoms with Gasteiger partial charge in [0.25, 0.3) is 11.8 Å². The first kappa shape index (κ1) is 21.6. The average molecular weight is 408 g/mol. The predicted octanol–water partition coefficient (Wildman–Crippen LogP) is 3.24. The van der Waals surface area contributed by atoms with Crippen molar-refractivity contribution in [3.63, 3.8) is 0 Å². The zero-order valence-electron chi connectivity index (χ0n) is 17.9. The summed E-state index contributed by atoms with van der Waals surface area (Å²) in [6.07, 6.45) is 0. The fourth-order valence-electron chi connectivity index (χ4n) is 3.30. The summed E-state index contributed by atoms with van der Waals surface area (Å²) in [5.41, 5.74) is 2.81. The lowest BCUT2D eigenvalue weighted by Gasteiger charge is -2.20. The summed E-state index contributed by atoms with van der Waals surface area (Å²) in [5.74, 6) is 0.350. The number of aliphatic hydroxyl groups excluding tert-OH is 1. The van der Waals surface area contributed by atoms with E-state index in [1.807, 2.05) is 19.1 Å². The second kappa shape index (κ2) is 9.13. The maximum atomic E-state index is 13.3. The summed E-state index contributed by atoms with van der Waals surface area (Å²) in [7, 11) is 1.70. The molecule has 2 amide bonds. The Morgan fingerprint density at radius 3 is 2.20 bits per heavy atom. The number of ether oxygens (including phenoxy) is 1. The molecule has 1 heterocycles. The summed E-state index contributed by atoms with van der Waals surface area (Å²) in [4.78, 5) is 29.4. The Balaban J connectivity index is 2.00. The lowest BCUT2D eigenvalue weighted by molar-refractivity contribution is -0.120. The molecule has 0 radical (unpaired) electrons. The molecule has 0 atom stereocenters. The van der Waals surface area contributed by atoms with Gasteiger partial charge in [-0.05, 0) is 42.7 Å². The van der Waals surface area contributed by atoms with Gasteiger partial charge < -0.3 is 14.7 Å². The second-order valence-electron chi connectivity index (χ2n) is 7.88. The lowest BCUT2D eigenvalue weighted by Crippen LogP contribution is -2.34. The quantitative estimate of drug-likeness (QED) is 0.679. The Kier molecular flexibility index (Phi) is 6.57. The number of nitrogens with zero attached hydrogens (tertiary/aromatic N) is 2. The zero-order valence-corrected chi connectivity index (χ0v) is 17.9. The molecule has 0 bridgehead atoms. The monoisotopic (exact) mass is 408 g/mol. The van der Waals surface area contributed by atoms with Crippen LogP contribution >= 0.6 is 0 Å². The minimum atomic E-state index is -0.394. The van der Waals surface area contributed by atoms with E-state index < -0.39 is 5.91 Å². The van der Waals surface area contributed by atoms with Crippen molar-refractivity contribution in [1.82, 2.24) is 4.90 Å². The summed E-state index contributed by atoms with van der Waals surface area (Å²) in [6.45, 7) is 6.82. The third kappa shape index (κ3) is 4.39. The van der Waals surface area contributed by atoms with E-state index in [1.54, 1.807) is 48.3 Å². The standard InChI is InChI=1S/C24H28N2O4/c1-16(2)15-30-20-11-7-18(8-12-20)21-22(25(4)13-14-27)24(29)26(23(21)28)19-9-5-17(3)6-10-19/h5-12,16,27H,13-15H2,1-4H3. The Morgan fingerprint density at radius 1 is 1.00 bits per heavy atom. The van der Waals surface area contributed by atoms with Crippen LogP contribution < -0.4 is 9.64 Å². The summed E-state index contributed by atoms with van der Waals surface area (Å²) in [5, 5.41) is 9.37. The van der Waals surface area contributed by atoms with Gasteiger partial charge in [0.1, 0.15) is 11.4 Å². The van der Waals surface area contributed by atoms with Crippen molar-refractivity contribution in [2.45, 2.75) is 20.8 Å². The highest BCUT2D eigenvalue weighted by molar-refractivity contribution is 6.45. The van der Waals surface area contributed by atoms with Crippen LogP contribution in [0.2, 0.25) is 0 Å². The van der Waals surface area contributed by atoms with E-state index >= 15 is 0 Å². The van der Waals surface area contributed by atoms with Gasteiger partial charge in [0.2, 0.25) is 0 Å². The normalized spacial score (nSPS) is 14.1. The number of hydrogen-bond acceptors (Lipinski definition) is 5. The molecule has 3 rings (SSSR count). The maximum Gasteiger partial charge on any atom is 0.282 e. The summed E-state index contributed by atoms with van der Waals surface area (Å²) >= 11 is 0. The Hall–Kier alpha value is -3.12. The molecular formula is C24H28N2O4. The van der Waals surface area contributed by atoms with E-state index in [4.69, 9.17) is 4.74 Å². The number of imide groups is 1. The van der Waals surface area contributed by atoms with Gasteiger partial charge in [-0.25, -0.2) is 4.90 Å². The van der Waals surface area contributed by atoms with Crippen molar-refractivity contribution in [1.29, 1.82) is 0 Å². The molecule has 2 aromatic rings. The van der Waals surface area contributed by atoms with Crippen LogP contribution in [-0.2, 0) is 9.59 Å². The topological polar surface area (TPSA) is 70.1 Å². The summed E-state index contributed by atoms with van der Waals surface area (Å²) in [6, 6.07) is 14.5. The second-order valence-corrected chi connectivity index (χ2v) is 7.88. The highest BCUT2D eigenvalue weighted by Gasteiger charge is 2.41. The minimum absolute atomic E-state index is 0.124. The first-order valence-electron chi connectivity index (χ1n) is 10.1. The molecule has 30 heavy (non-hydrogen) atoms. The van der Waals surface area contributed by atoms with Crippen molar-refractivity contribution >= 4 is 23.1 Å². The van der Waals surface area contributed by atoms with E-state index in [1.165, 1.54) is 4.90 Å². The molecule has 1 N–H and O–H groups in total. The van der Waals surface area contributed by atoms with Crippen LogP contribution in [0.4, 0.5) is 5.69 Å². The van der Waals surface area contributed by atoms with Gasteiger partial charge in [0, 0.05) is 13.6 Å². The van der Waals surface area contributed by atoms with E-state index in [0.717, 1.165) is 5.56 Å². The predicted molar refractivity (Wildman–Crippen MR) is 117 cm³/mol. The molecule has 0 saturated carbocycles. The first-order valence-corrected chi connectivity index (χ1v) is 10.1. The number of hydrogen-bond donors (Lipinski definition) is 1. The molecular weight excluding hydrogens is 380 g/mol. The lowest BCUT2D eigenvalue weighted by atomic mass is 10.0. The highest BCUT2D eigenvalue weighted by atomic mass is 16.5. The van der Waals surface area contributed by atoms with Gasteiger partial charge >= 0.3 is 0 Å². The van der Waals surface area contributed by atoms with Crippen LogP contribution in [0.3, 0.4) is 0 Å². The molecule has 0 saturated heterocycles. The fraction of sp³-hybridized carbons (Fsp3) is 0.333. The molecule has 158 valence electrons. The van der Waals surface area contributed by atoms with Crippen LogP contribution in [0, 0.1) is 12.8 Å². The van der Waals surface area contributed by atoms with Gasteiger partial charge in [0.15, 0.2) is 0 Å². The van der Waals surface area contributed by atoms with Crippen LogP contribution in [0.1, 0.15) is 25.0 Å². The Bertz CT molecular complexity index is 946. The van der Waals surface area contributed by atoms with Gasteiger partial charge in [-0.3, -0.25) is 9.59 Å². The Morgan fingerprint density at radius 2 is 1.63 bits per heavy atom. The van der Waals surface area contributed by atoms with Crippen LogP contribution in [0.15, 0.2) is 54.2 Å². The van der Waals surface area contributed by atoms with Crippen LogP contribution in [0.25, 0.3) is 5.57 Å². The average Bonchev–Trinajstić information content (AvgIpc) is 2.98. The SMILES string of the molecule is Cc1ccc(N2C(=O)C(c3ccc(OCC(C)C)cc3)=C(N(C)CCO)C2=O)cc1. The largest absolute Gasteiger partial charge is 0.493 e. The smallest absolute Gasteiger partial charge is 0.282 e. The number of benzene rings is 2. The number of aliphatic hydroxyl groups is 1. The Labute approximate surface area is 177 Å². The zero-order chi connectivity index (χ0) is 21.8. The van der Waals surface area contributed by atoms with Crippen molar-refractivity contribution in [2.75, 3.05) is 31.7 Å². The van der Waals surface area contributed by atoms with E-state index in [-0.39, 0.29) is 24.8 Å². The molecule has 0 aliphatic carbocycles. The maximum absolute atomic E-state index is 13.3. The third-order valence-electron chi connectivity index (χ3n) is 4.90. The molecule has 0 fully saturated rings. The molecule has 0 unspecified atom stereocenters. The molecule has 1 aliphatic rings. The number of carbonyl (C=O) groups excluding carboxylic acids is 2. The molecule has 0 aromatic heterocycles. The molecule has 1 aliphatic heterocycles. The minimum Gasteiger partial charge on any atom is -0.493 e. The molecule has 2 aromatic carbocycles. The van der Waals surface area contributed by atoms with Gasteiger partial charge in [-0.15, -0.1) is 0 Å². The first-order chi connectivity index (χ1) is 14.3. The van der Waals surface area contributed by atoms with Gasteiger partial charge in [-0.2, -0.15) is 0 Å². The summed E-state index contributed by atoms with van der Waals surface area (Å²) < 4.78 is 5.73. The van der Waals surface area contributed by atoms with Crippen LogP contribution in [0.5, 0.6) is 5.75 Å². The van der Waals surface area contributed by atoms with E-state index in [0.29, 0.717) is 35.1 Å². The number of likely N-dealkylation sites (N-methyl/N-ethyl adjacent to an activating group) is 1. The van der Waals surface area contributed by atoms with Crippen molar-refractivity contribution in [3.8, 4) is 5.75 Å². The molecule has 0 spiro atoms. The van der Waals surface area contributed by atoms with Crippen molar-refractivity contribution in [3.05, 3.63) is 65.4 Å². The van der Waals surface area contributed by atoms with Crippen molar-refractivity contribution in [2.24, 2.45) is 5.92 Å². The molecule has 6 heteroatoms. The molecule has 6 nitrogen and oxygen atoms in total. The van der Waals surface area contributed by atoms with Crippen molar-refractivity contribution < 1.29 is 19.4 Å². The number of amides is 2. The van der Waals surface area contributed by atoms with E-state index in [9.17, 15) is 14.7 Å². The van der Waals surface area contributed by atoms with Crippen LogP contribution in [-0.4, -0.2) is 48.6 Å². The number of anilines is 1. The number of carbonyl (C=O) groups is 2. The van der Waals surface area contributed by atoms with Gasteiger partial charge in [-0.1, -0.05) is 43.7 Å². The fourth-order valence-corrected chi connectivity index (χ4v) is 3.30. The van der Waals surface area contributed by atoms with E-state index in [2.05, 4.69) is 13.8 Å². The number of aryl methyl sites for hydroxylation is 1. The number of rotatable bonds is 8. The highest BCUT2D eigenvalue weighted by Crippen LogP contribution is 2.35. The van der Waals surface area contributed by atoms with Gasteiger partial charge in [0.05, 0.1) is 24.5 Å².